The van der Waals surface area contributed by atoms with Crippen LogP contribution in [0.3, 0.4) is 0 Å². The molecule has 212 valence electrons. The number of hydrogen-bond acceptors (Lipinski definition) is 6. The molecule has 3 aromatic heterocycles. The molecule has 9 heteroatoms. The first-order valence-electron chi connectivity index (χ1n) is 14.4. The quantitative estimate of drug-likeness (QED) is 0.218. The number of rotatable bonds is 6. The topological polar surface area (TPSA) is 123 Å². The van der Waals surface area contributed by atoms with Crippen LogP contribution in [0.15, 0.2) is 91.3 Å². The fourth-order valence-corrected chi connectivity index (χ4v) is 5.95. The van der Waals surface area contributed by atoms with E-state index in [0.29, 0.717) is 17.1 Å². The second-order valence-corrected chi connectivity index (χ2v) is 10.8. The zero-order valence-corrected chi connectivity index (χ0v) is 23.3. The molecular weight excluding hydrogens is 540 g/mol. The standard InChI is InChI=1S/C34H28N6O3/c41-33(39-31-30(34(42)43)35-17-18-36-31)24-13-16-29-28(20-24)38-32(40(29)25-9-5-2-6-10-25)23-12-15-27-22(19-23)11-14-26(37-27)21-7-3-1-4-8-21/h1,3-4,7-8,11-20,25H,2,5-6,9-10H2,(H,42,43)(H,36,39,41). The molecule has 1 fully saturated rings. The van der Waals surface area contributed by atoms with E-state index in [1.165, 1.54) is 18.8 Å². The smallest absolute Gasteiger partial charge is 0.358 e. The number of fused-ring (bicyclic) bond motifs is 2. The maximum absolute atomic E-state index is 13.2. The van der Waals surface area contributed by atoms with Crippen LogP contribution in [0, 0.1) is 0 Å². The molecule has 6 aromatic rings. The number of benzene rings is 3. The van der Waals surface area contributed by atoms with Gasteiger partial charge < -0.3 is 15.0 Å². The summed E-state index contributed by atoms with van der Waals surface area (Å²) in [6.45, 7) is 0. The molecule has 43 heavy (non-hydrogen) atoms. The predicted octanol–water partition coefficient (Wildman–Crippen LogP) is 7.16. The van der Waals surface area contributed by atoms with Gasteiger partial charge in [-0.2, -0.15) is 0 Å². The zero-order valence-electron chi connectivity index (χ0n) is 23.3. The average Bonchev–Trinajstić information content (AvgIpc) is 3.44. The minimum atomic E-state index is -1.27. The largest absolute Gasteiger partial charge is 0.476 e. The van der Waals surface area contributed by atoms with E-state index in [1.54, 1.807) is 12.1 Å². The van der Waals surface area contributed by atoms with Gasteiger partial charge in [0.2, 0.25) is 0 Å². The number of aromatic carboxylic acids is 1. The van der Waals surface area contributed by atoms with Gasteiger partial charge in [0, 0.05) is 40.5 Å². The maximum atomic E-state index is 13.2. The van der Waals surface area contributed by atoms with Crippen LogP contribution >= 0.6 is 0 Å². The van der Waals surface area contributed by atoms with Gasteiger partial charge in [0.05, 0.1) is 22.2 Å². The molecule has 1 aliphatic rings. The molecule has 1 saturated carbocycles. The molecule has 0 unspecified atom stereocenters. The molecule has 2 N–H and O–H groups in total. The van der Waals surface area contributed by atoms with Gasteiger partial charge in [-0.25, -0.2) is 24.7 Å². The zero-order chi connectivity index (χ0) is 29.3. The van der Waals surface area contributed by atoms with Crippen LogP contribution in [-0.4, -0.2) is 41.5 Å². The van der Waals surface area contributed by atoms with Crippen molar-refractivity contribution in [3.63, 3.8) is 0 Å². The molecule has 0 spiro atoms. The van der Waals surface area contributed by atoms with Gasteiger partial charge in [-0.05, 0) is 55.3 Å². The van der Waals surface area contributed by atoms with Crippen molar-refractivity contribution in [3.05, 3.63) is 103 Å². The van der Waals surface area contributed by atoms with Crippen LogP contribution in [0.1, 0.15) is 59.0 Å². The second-order valence-electron chi connectivity index (χ2n) is 10.8. The monoisotopic (exact) mass is 568 g/mol. The minimum absolute atomic E-state index is 0.103. The van der Waals surface area contributed by atoms with Crippen molar-refractivity contribution in [1.82, 2.24) is 24.5 Å². The third kappa shape index (κ3) is 5.10. The fourth-order valence-electron chi connectivity index (χ4n) is 5.95. The summed E-state index contributed by atoms with van der Waals surface area (Å²) in [6.07, 6.45) is 8.31. The normalized spacial score (nSPS) is 13.8. The Balaban J connectivity index is 1.28. The van der Waals surface area contributed by atoms with Crippen molar-refractivity contribution in [2.24, 2.45) is 0 Å². The molecule has 0 aliphatic heterocycles. The lowest BCUT2D eigenvalue weighted by Crippen LogP contribution is -2.17. The number of nitrogens with zero attached hydrogens (tertiary/aromatic N) is 5. The number of hydrogen-bond donors (Lipinski definition) is 2. The SMILES string of the molecule is O=C(Nc1nccnc1C(=O)O)c1ccc2c(c1)nc(-c1ccc3nc(-c4ccccc4)ccc3c1)n2C1CCCCC1. The molecular formula is C34H28N6O3. The number of carboxylic acids is 1. The van der Waals surface area contributed by atoms with Crippen LogP contribution in [0.4, 0.5) is 5.82 Å². The number of pyridine rings is 1. The summed E-state index contributed by atoms with van der Waals surface area (Å²) >= 11 is 0. The minimum Gasteiger partial charge on any atom is -0.476 e. The first kappa shape index (κ1) is 26.5. The number of nitrogens with one attached hydrogen (secondary N) is 1. The molecule has 1 aliphatic carbocycles. The highest BCUT2D eigenvalue weighted by Crippen LogP contribution is 2.37. The summed E-state index contributed by atoms with van der Waals surface area (Å²) in [4.78, 5) is 42.5. The number of aromatic nitrogens is 5. The van der Waals surface area contributed by atoms with Crippen LogP contribution in [-0.2, 0) is 0 Å². The van der Waals surface area contributed by atoms with Gasteiger partial charge in [-0.15, -0.1) is 0 Å². The molecule has 3 heterocycles. The van der Waals surface area contributed by atoms with Crippen molar-refractivity contribution in [3.8, 4) is 22.6 Å². The van der Waals surface area contributed by atoms with Crippen molar-refractivity contribution in [1.29, 1.82) is 0 Å². The van der Waals surface area contributed by atoms with Crippen molar-refractivity contribution < 1.29 is 14.7 Å². The summed E-state index contributed by atoms with van der Waals surface area (Å²) < 4.78 is 2.33. The van der Waals surface area contributed by atoms with Crippen LogP contribution in [0.5, 0.6) is 0 Å². The summed E-state index contributed by atoms with van der Waals surface area (Å²) in [5.41, 5.74) is 5.59. The third-order valence-corrected chi connectivity index (χ3v) is 8.04. The molecule has 9 nitrogen and oxygen atoms in total. The van der Waals surface area contributed by atoms with Crippen molar-refractivity contribution in [2.75, 3.05) is 5.32 Å². The summed E-state index contributed by atoms with van der Waals surface area (Å²) in [6, 6.07) is 26.3. The average molecular weight is 569 g/mol. The Morgan fingerprint density at radius 1 is 0.791 bits per heavy atom. The van der Waals surface area contributed by atoms with Gasteiger partial charge >= 0.3 is 5.97 Å². The van der Waals surface area contributed by atoms with E-state index in [4.69, 9.17) is 9.97 Å². The highest BCUT2D eigenvalue weighted by atomic mass is 16.4. The Labute approximate surface area is 247 Å². The lowest BCUT2D eigenvalue weighted by atomic mass is 9.94. The summed E-state index contributed by atoms with van der Waals surface area (Å²) in [5, 5.41) is 13.0. The highest BCUT2D eigenvalue weighted by molar-refractivity contribution is 6.07. The van der Waals surface area contributed by atoms with Crippen molar-refractivity contribution >= 4 is 39.6 Å². The van der Waals surface area contributed by atoms with Gasteiger partial charge in [0.15, 0.2) is 11.5 Å². The van der Waals surface area contributed by atoms with E-state index in [1.807, 2.05) is 36.4 Å². The molecule has 0 saturated heterocycles. The molecule has 0 radical (unpaired) electrons. The number of carboxylic acid groups (broad SMARTS) is 1. The van der Waals surface area contributed by atoms with Gasteiger partial charge in [0.25, 0.3) is 5.91 Å². The Morgan fingerprint density at radius 3 is 2.42 bits per heavy atom. The first-order chi connectivity index (χ1) is 21.0. The first-order valence-corrected chi connectivity index (χ1v) is 14.4. The Hall–Kier alpha value is -5.44. The number of amides is 1. The number of anilines is 1. The van der Waals surface area contributed by atoms with Gasteiger partial charge in [-0.1, -0.05) is 55.7 Å². The number of carbonyl (C=O) groups excluding carboxylic acids is 1. The molecule has 7 rings (SSSR count). The van der Waals surface area contributed by atoms with Gasteiger partial charge in [0.1, 0.15) is 5.82 Å². The summed E-state index contributed by atoms with van der Waals surface area (Å²) in [7, 11) is 0. The van der Waals surface area contributed by atoms with Crippen molar-refractivity contribution in [2.45, 2.75) is 38.1 Å². The van der Waals surface area contributed by atoms with E-state index in [0.717, 1.165) is 64.7 Å². The van der Waals surface area contributed by atoms with E-state index in [-0.39, 0.29) is 11.5 Å². The molecule has 1 amide bonds. The highest BCUT2D eigenvalue weighted by Gasteiger charge is 2.24. The Morgan fingerprint density at radius 2 is 1.60 bits per heavy atom. The van der Waals surface area contributed by atoms with E-state index >= 15 is 0 Å². The fraction of sp³-hybridized carbons (Fsp3) is 0.176. The maximum Gasteiger partial charge on any atom is 0.358 e. The second kappa shape index (κ2) is 11.1. The number of carbonyl (C=O) groups is 2. The van der Waals surface area contributed by atoms with E-state index in [9.17, 15) is 14.7 Å². The van der Waals surface area contributed by atoms with Crippen LogP contribution < -0.4 is 5.32 Å². The number of imidazole rings is 1. The van der Waals surface area contributed by atoms with Crippen LogP contribution in [0.2, 0.25) is 0 Å². The van der Waals surface area contributed by atoms with Crippen LogP contribution in [0.25, 0.3) is 44.6 Å². The summed E-state index contributed by atoms with van der Waals surface area (Å²) in [5.74, 6) is -0.995. The Kier molecular flexibility index (Phi) is 6.82. The van der Waals surface area contributed by atoms with Gasteiger partial charge in [-0.3, -0.25) is 4.79 Å². The lowest BCUT2D eigenvalue weighted by molar-refractivity contribution is 0.0691. The molecule has 3 aromatic carbocycles. The van der Waals surface area contributed by atoms with E-state index < -0.39 is 11.9 Å². The lowest BCUT2D eigenvalue weighted by Gasteiger charge is -2.25. The van der Waals surface area contributed by atoms with E-state index in [2.05, 4.69) is 50.2 Å². The predicted molar refractivity (Wildman–Crippen MR) is 165 cm³/mol. The molecule has 0 bridgehead atoms. The third-order valence-electron chi connectivity index (χ3n) is 8.04. The Bertz CT molecular complexity index is 2000. The molecule has 0 atom stereocenters.